The van der Waals surface area contributed by atoms with Crippen LogP contribution in [0.1, 0.15) is 18.9 Å². The monoisotopic (exact) mass is 318 g/mol. The number of methoxy groups -OCH3 is 2. The van der Waals surface area contributed by atoms with Crippen molar-refractivity contribution in [3.05, 3.63) is 28.3 Å². The Morgan fingerprint density at radius 3 is 2.53 bits per heavy atom. The number of ether oxygens (including phenoxy) is 2. The van der Waals surface area contributed by atoms with Gasteiger partial charge in [-0.1, -0.05) is 46.1 Å². The van der Waals surface area contributed by atoms with Crippen LogP contribution in [0.4, 0.5) is 0 Å². The topological polar surface area (TPSA) is 18.5 Å². The molecule has 0 aliphatic rings. The summed E-state index contributed by atoms with van der Waals surface area (Å²) in [6, 6.07) is 3.80. The van der Waals surface area contributed by atoms with Crippen molar-refractivity contribution in [2.45, 2.75) is 13.3 Å². The van der Waals surface area contributed by atoms with Gasteiger partial charge in [-0.05, 0) is 24.1 Å². The zero-order chi connectivity index (χ0) is 12.8. The molecule has 0 radical (unpaired) electrons. The van der Waals surface area contributed by atoms with Gasteiger partial charge in [-0.15, -0.1) is 0 Å². The van der Waals surface area contributed by atoms with Gasteiger partial charge in [0.2, 0.25) is 0 Å². The second-order valence-electron chi connectivity index (χ2n) is 3.53. The van der Waals surface area contributed by atoms with Crippen molar-refractivity contribution >= 4 is 33.6 Å². The van der Waals surface area contributed by atoms with Gasteiger partial charge in [0.1, 0.15) is 0 Å². The van der Waals surface area contributed by atoms with Gasteiger partial charge in [-0.3, -0.25) is 0 Å². The van der Waals surface area contributed by atoms with Crippen molar-refractivity contribution in [2.75, 3.05) is 19.5 Å². The highest BCUT2D eigenvalue weighted by molar-refractivity contribution is 9.09. The Balaban J connectivity index is 3.20. The molecule has 1 aromatic carbocycles. The normalized spacial score (nSPS) is 11.5. The van der Waals surface area contributed by atoms with Crippen LogP contribution in [0.15, 0.2) is 17.7 Å². The van der Waals surface area contributed by atoms with Crippen LogP contribution in [0, 0.1) is 0 Å². The van der Waals surface area contributed by atoms with Crippen LogP contribution in [0.2, 0.25) is 5.02 Å². The van der Waals surface area contributed by atoms with E-state index in [9.17, 15) is 0 Å². The predicted octanol–water partition coefficient (Wildman–Crippen LogP) is 4.55. The number of benzene rings is 1. The second kappa shape index (κ2) is 6.92. The molecule has 4 heteroatoms. The first-order valence-corrected chi connectivity index (χ1v) is 6.83. The summed E-state index contributed by atoms with van der Waals surface area (Å²) in [4.78, 5) is 0. The zero-order valence-corrected chi connectivity index (χ0v) is 12.6. The standard InChI is InChI=1S/C13H16BrClO2/c1-4-9(8-14)5-10-6-11(15)13(17-3)12(7-10)16-2/h5-7H,4,8H2,1-3H3. The van der Waals surface area contributed by atoms with Crippen molar-refractivity contribution in [2.24, 2.45) is 0 Å². The Kier molecular flexibility index (Phi) is 5.86. The van der Waals surface area contributed by atoms with E-state index in [2.05, 4.69) is 28.9 Å². The molecule has 0 N–H and O–H groups in total. The van der Waals surface area contributed by atoms with Crippen LogP contribution in [0.3, 0.4) is 0 Å². The molecule has 0 saturated carbocycles. The van der Waals surface area contributed by atoms with Crippen molar-refractivity contribution in [1.29, 1.82) is 0 Å². The summed E-state index contributed by atoms with van der Waals surface area (Å²) in [6.45, 7) is 2.12. The average molecular weight is 320 g/mol. The molecular formula is C13H16BrClO2. The van der Waals surface area contributed by atoms with E-state index in [1.807, 2.05) is 12.1 Å². The average Bonchev–Trinajstić information content (AvgIpc) is 2.35. The predicted molar refractivity (Wildman–Crippen MR) is 76.6 cm³/mol. The Labute approximate surface area is 116 Å². The van der Waals surface area contributed by atoms with Gasteiger partial charge >= 0.3 is 0 Å². The highest BCUT2D eigenvalue weighted by Crippen LogP contribution is 2.36. The van der Waals surface area contributed by atoms with E-state index in [1.165, 1.54) is 5.57 Å². The molecule has 2 nitrogen and oxygen atoms in total. The van der Waals surface area contributed by atoms with Gasteiger partial charge in [-0.2, -0.15) is 0 Å². The molecule has 0 unspecified atom stereocenters. The van der Waals surface area contributed by atoms with Gasteiger partial charge < -0.3 is 9.47 Å². The van der Waals surface area contributed by atoms with E-state index < -0.39 is 0 Å². The third kappa shape index (κ3) is 3.65. The van der Waals surface area contributed by atoms with Crippen LogP contribution >= 0.6 is 27.5 Å². The van der Waals surface area contributed by atoms with Gasteiger partial charge in [-0.25, -0.2) is 0 Å². The molecule has 0 atom stereocenters. The van der Waals surface area contributed by atoms with Gasteiger partial charge in [0, 0.05) is 5.33 Å². The number of allylic oxidation sites excluding steroid dienone is 1. The van der Waals surface area contributed by atoms with E-state index in [1.54, 1.807) is 14.2 Å². The molecule has 0 bridgehead atoms. The molecule has 94 valence electrons. The largest absolute Gasteiger partial charge is 0.493 e. The molecule has 0 saturated heterocycles. The van der Waals surface area contributed by atoms with Gasteiger partial charge in [0.25, 0.3) is 0 Å². The summed E-state index contributed by atoms with van der Waals surface area (Å²) >= 11 is 9.60. The minimum absolute atomic E-state index is 0.558. The Morgan fingerprint density at radius 1 is 1.35 bits per heavy atom. The summed E-state index contributed by atoms with van der Waals surface area (Å²) in [5.74, 6) is 1.22. The number of alkyl halides is 1. The summed E-state index contributed by atoms with van der Waals surface area (Å²) in [6.07, 6.45) is 3.10. The molecule has 0 fully saturated rings. The molecule has 0 aliphatic heterocycles. The smallest absolute Gasteiger partial charge is 0.179 e. The fourth-order valence-electron chi connectivity index (χ4n) is 1.49. The molecule has 0 heterocycles. The minimum Gasteiger partial charge on any atom is -0.493 e. The van der Waals surface area contributed by atoms with E-state index in [-0.39, 0.29) is 0 Å². The Hall–Kier alpha value is -0.670. The number of halogens is 2. The third-order valence-electron chi connectivity index (χ3n) is 2.45. The van der Waals surface area contributed by atoms with Crippen LogP contribution < -0.4 is 9.47 Å². The van der Waals surface area contributed by atoms with Crippen LogP contribution in [0.25, 0.3) is 6.08 Å². The van der Waals surface area contributed by atoms with Crippen LogP contribution in [-0.4, -0.2) is 19.5 Å². The summed E-state index contributed by atoms with van der Waals surface area (Å²) in [7, 11) is 3.18. The fraction of sp³-hybridized carbons (Fsp3) is 0.385. The summed E-state index contributed by atoms with van der Waals surface area (Å²) in [5.41, 5.74) is 2.32. The van der Waals surface area contributed by atoms with Crippen molar-refractivity contribution in [3.8, 4) is 11.5 Å². The van der Waals surface area contributed by atoms with E-state index in [0.717, 1.165) is 17.3 Å². The molecule has 1 aromatic rings. The summed E-state index contributed by atoms with van der Waals surface area (Å²) in [5, 5.41) is 1.42. The lowest BCUT2D eigenvalue weighted by Crippen LogP contribution is -1.92. The SMILES string of the molecule is CCC(=Cc1cc(Cl)c(OC)c(OC)c1)CBr. The lowest BCUT2D eigenvalue weighted by molar-refractivity contribution is 0.355. The van der Waals surface area contributed by atoms with Gasteiger partial charge in [0.15, 0.2) is 11.5 Å². The highest BCUT2D eigenvalue weighted by atomic mass is 79.9. The molecule has 1 rings (SSSR count). The van der Waals surface area contributed by atoms with E-state index >= 15 is 0 Å². The van der Waals surface area contributed by atoms with Gasteiger partial charge in [0.05, 0.1) is 19.2 Å². The quantitative estimate of drug-likeness (QED) is 0.742. The van der Waals surface area contributed by atoms with Crippen molar-refractivity contribution < 1.29 is 9.47 Å². The molecule has 0 aromatic heterocycles. The lowest BCUT2D eigenvalue weighted by atomic mass is 10.1. The first-order chi connectivity index (χ1) is 8.15. The second-order valence-corrected chi connectivity index (χ2v) is 4.50. The van der Waals surface area contributed by atoms with Crippen molar-refractivity contribution in [1.82, 2.24) is 0 Å². The number of hydrogen-bond donors (Lipinski definition) is 0. The number of rotatable bonds is 5. The minimum atomic E-state index is 0.558. The fourth-order valence-corrected chi connectivity index (χ4v) is 2.35. The molecule has 0 aliphatic carbocycles. The lowest BCUT2D eigenvalue weighted by Gasteiger charge is -2.10. The maximum Gasteiger partial charge on any atom is 0.179 e. The molecule has 0 amide bonds. The van der Waals surface area contributed by atoms with E-state index in [4.69, 9.17) is 21.1 Å². The third-order valence-corrected chi connectivity index (χ3v) is 3.45. The highest BCUT2D eigenvalue weighted by Gasteiger charge is 2.10. The Bertz CT molecular complexity index is 410. The summed E-state index contributed by atoms with van der Waals surface area (Å²) < 4.78 is 10.4. The number of hydrogen-bond acceptors (Lipinski definition) is 2. The Morgan fingerprint density at radius 2 is 2.06 bits per heavy atom. The maximum atomic E-state index is 6.14. The molecule has 0 spiro atoms. The molecule has 17 heavy (non-hydrogen) atoms. The van der Waals surface area contributed by atoms with Crippen molar-refractivity contribution in [3.63, 3.8) is 0 Å². The molecular weight excluding hydrogens is 303 g/mol. The first kappa shape index (κ1) is 14.4. The van der Waals surface area contributed by atoms with Crippen LogP contribution in [-0.2, 0) is 0 Å². The maximum absolute atomic E-state index is 6.14. The first-order valence-electron chi connectivity index (χ1n) is 5.33. The zero-order valence-electron chi connectivity index (χ0n) is 10.2. The van der Waals surface area contributed by atoms with Crippen LogP contribution in [0.5, 0.6) is 11.5 Å². The van der Waals surface area contributed by atoms with E-state index in [0.29, 0.717) is 16.5 Å².